The van der Waals surface area contributed by atoms with Crippen molar-refractivity contribution < 1.29 is 4.79 Å². The molecule has 1 N–H and O–H groups in total. The van der Waals surface area contributed by atoms with E-state index in [1.807, 2.05) is 72.8 Å². The number of nitrogens with zero attached hydrogens (tertiary/aromatic N) is 1. The molecular weight excluding hydrogens is 344 g/mol. The van der Waals surface area contributed by atoms with E-state index in [9.17, 15) is 4.79 Å². The molecule has 4 heteroatoms. The van der Waals surface area contributed by atoms with Gasteiger partial charge in [0.25, 0.3) is 5.24 Å². The van der Waals surface area contributed by atoms with Crippen LogP contribution in [-0.2, 0) is 0 Å². The van der Waals surface area contributed by atoms with Crippen molar-refractivity contribution in [3.63, 3.8) is 0 Å². The summed E-state index contributed by atoms with van der Waals surface area (Å²) in [4.78, 5) is 16.6. The third-order valence-electron chi connectivity index (χ3n) is 4.18. The molecule has 0 radical (unpaired) electrons. The number of halogens is 1. The standard InChI is InChI=1S/C22H15ClN2O/c23-22(26)17-12-7-13-19-21(17)18(15-8-3-1-4-9-15)14-20(25-19)24-16-10-5-2-6-11-16/h1-14H,(H,24,25). The molecule has 126 valence electrons. The van der Waals surface area contributed by atoms with Crippen molar-refractivity contribution in [2.24, 2.45) is 0 Å². The Kier molecular flexibility index (Phi) is 4.38. The molecule has 1 heterocycles. The maximum Gasteiger partial charge on any atom is 0.253 e. The van der Waals surface area contributed by atoms with E-state index in [0.717, 1.165) is 27.7 Å². The minimum atomic E-state index is -0.488. The average molecular weight is 359 g/mol. The van der Waals surface area contributed by atoms with Gasteiger partial charge >= 0.3 is 0 Å². The molecular formula is C22H15ClN2O. The lowest BCUT2D eigenvalue weighted by molar-refractivity contribution is 0.108. The Labute approximate surface area is 156 Å². The number of rotatable bonds is 4. The fourth-order valence-corrected chi connectivity index (χ4v) is 3.19. The molecule has 3 nitrogen and oxygen atoms in total. The van der Waals surface area contributed by atoms with Crippen molar-refractivity contribution in [2.75, 3.05) is 5.32 Å². The molecule has 26 heavy (non-hydrogen) atoms. The lowest BCUT2D eigenvalue weighted by Crippen LogP contribution is -1.99. The number of hydrogen-bond donors (Lipinski definition) is 1. The minimum absolute atomic E-state index is 0.460. The Morgan fingerprint density at radius 3 is 2.23 bits per heavy atom. The first-order chi connectivity index (χ1) is 12.7. The third-order valence-corrected chi connectivity index (χ3v) is 4.38. The van der Waals surface area contributed by atoms with Crippen LogP contribution in [0.4, 0.5) is 11.5 Å². The Morgan fingerprint density at radius 2 is 1.54 bits per heavy atom. The molecule has 0 atom stereocenters. The van der Waals surface area contributed by atoms with Crippen LogP contribution in [0.15, 0.2) is 84.9 Å². The predicted molar refractivity (Wildman–Crippen MR) is 107 cm³/mol. The molecule has 0 saturated carbocycles. The normalized spacial score (nSPS) is 10.7. The van der Waals surface area contributed by atoms with Gasteiger partial charge in [0.1, 0.15) is 5.82 Å². The molecule has 4 aromatic rings. The topological polar surface area (TPSA) is 42.0 Å². The second-order valence-electron chi connectivity index (χ2n) is 5.89. The molecule has 1 aromatic heterocycles. The molecule has 0 aliphatic carbocycles. The number of carbonyl (C=O) groups excluding carboxylic acids is 1. The molecule has 0 saturated heterocycles. The monoisotopic (exact) mass is 358 g/mol. The maximum absolute atomic E-state index is 11.9. The van der Waals surface area contributed by atoms with Crippen LogP contribution >= 0.6 is 11.6 Å². The number of aromatic nitrogens is 1. The van der Waals surface area contributed by atoms with Crippen LogP contribution in [0.3, 0.4) is 0 Å². The van der Waals surface area contributed by atoms with Gasteiger partial charge in [0.2, 0.25) is 0 Å². The van der Waals surface area contributed by atoms with Crippen LogP contribution in [0.2, 0.25) is 0 Å². The first-order valence-corrected chi connectivity index (χ1v) is 8.61. The predicted octanol–water partition coefficient (Wildman–Crippen LogP) is 6.02. The molecule has 0 bridgehead atoms. The Morgan fingerprint density at radius 1 is 0.846 bits per heavy atom. The van der Waals surface area contributed by atoms with Crippen LogP contribution in [-0.4, -0.2) is 10.2 Å². The first kappa shape index (κ1) is 16.3. The van der Waals surface area contributed by atoms with Gasteiger partial charge in [-0.15, -0.1) is 0 Å². The van der Waals surface area contributed by atoms with E-state index in [2.05, 4.69) is 10.3 Å². The molecule has 0 unspecified atom stereocenters. The summed E-state index contributed by atoms with van der Waals surface area (Å²) in [5, 5.41) is 3.60. The second-order valence-corrected chi connectivity index (χ2v) is 6.23. The number of carbonyl (C=O) groups is 1. The number of hydrogen-bond acceptors (Lipinski definition) is 3. The van der Waals surface area contributed by atoms with Crippen molar-refractivity contribution in [1.82, 2.24) is 4.98 Å². The van der Waals surface area contributed by atoms with Gasteiger partial charge in [0.15, 0.2) is 0 Å². The quantitative estimate of drug-likeness (QED) is 0.453. The molecule has 3 aromatic carbocycles. The second kappa shape index (κ2) is 6.98. The van der Waals surface area contributed by atoms with Crippen LogP contribution in [0.25, 0.3) is 22.0 Å². The molecule has 0 spiro atoms. The van der Waals surface area contributed by atoms with Gasteiger partial charge in [-0.25, -0.2) is 4.98 Å². The van der Waals surface area contributed by atoms with Crippen LogP contribution < -0.4 is 5.32 Å². The number of fused-ring (bicyclic) bond motifs is 1. The highest BCUT2D eigenvalue weighted by molar-refractivity contribution is 6.68. The lowest BCUT2D eigenvalue weighted by Gasteiger charge is -2.13. The van der Waals surface area contributed by atoms with Crippen LogP contribution in [0, 0.1) is 0 Å². The summed E-state index contributed by atoms with van der Waals surface area (Å²) in [5.41, 5.74) is 4.04. The summed E-state index contributed by atoms with van der Waals surface area (Å²) in [6, 6.07) is 27.1. The van der Waals surface area contributed by atoms with E-state index in [1.165, 1.54) is 0 Å². The maximum atomic E-state index is 11.9. The highest BCUT2D eigenvalue weighted by Gasteiger charge is 2.15. The number of para-hydroxylation sites is 1. The summed E-state index contributed by atoms with van der Waals surface area (Å²) in [6.45, 7) is 0. The summed E-state index contributed by atoms with van der Waals surface area (Å²) < 4.78 is 0. The SMILES string of the molecule is O=C(Cl)c1cccc2nc(Nc3ccccc3)cc(-c3ccccc3)c12. The van der Waals surface area contributed by atoms with Gasteiger partial charge in [-0.1, -0.05) is 54.6 Å². The first-order valence-electron chi connectivity index (χ1n) is 8.23. The number of pyridine rings is 1. The molecule has 0 aliphatic rings. The zero-order valence-electron chi connectivity index (χ0n) is 13.8. The molecule has 0 amide bonds. The Hall–Kier alpha value is -3.17. The minimum Gasteiger partial charge on any atom is -0.340 e. The number of benzene rings is 3. The van der Waals surface area contributed by atoms with Crippen molar-refractivity contribution in [3.05, 3.63) is 90.5 Å². The van der Waals surface area contributed by atoms with Gasteiger partial charge in [0, 0.05) is 16.6 Å². The van der Waals surface area contributed by atoms with Crippen molar-refractivity contribution >= 4 is 39.3 Å². The van der Waals surface area contributed by atoms with Gasteiger partial charge < -0.3 is 5.32 Å². The number of nitrogens with one attached hydrogen (secondary N) is 1. The van der Waals surface area contributed by atoms with Crippen molar-refractivity contribution in [1.29, 1.82) is 0 Å². The molecule has 0 aliphatic heterocycles. The van der Waals surface area contributed by atoms with Gasteiger partial charge in [0.05, 0.1) is 5.52 Å². The van der Waals surface area contributed by atoms with E-state index in [-0.39, 0.29) is 0 Å². The smallest absolute Gasteiger partial charge is 0.253 e. The fraction of sp³-hybridized carbons (Fsp3) is 0. The summed E-state index contributed by atoms with van der Waals surface area (Å²) >= 11 is 5.83. The van der Waals surface area contributed by atoms with E-state index in [1.54, 1.807) is 12.1 Å². The average Bonchev–Trinajstić information content (AvgIpc) is 2.68. The highest BCUT2D eigenvalue weighted by atomic mass is 35.5. The molecule has 4 rings (SSSR count). The summed E-state index contributed by atoms with van der Waals surface area (Å²) in [6.07, 6.45) is 0. The van der Waals surface area contributed by atoms with E-state index in [4.69, 9.17) is 11.6 Å². The van der Waals surface area contributed by atoms with E-state index < -0.39 is 5.24 Å². The highest BCUT2D eigenvalue weighted by Crippen LogP contribution is 2.34. The largest absolute Gasteiger partial charge is 0.340 e. The number of anilines is 2. The third kappa shape index (κ3) is 3.17. The van der Waals surface area contributed by atoms with Gasteiger partial charge in [-0.3, -0.25) is 4.79 Å². The summed E-state index contributed by atoms with van der Waals surface area (Å²) in [7, 11) is 0. The Bertz CT molecular complexity index is 1080. The Balaban J connectivity index is 1.96. The fourth-order valence-electron chi connectivity index (χ4n) is 3.03. The van der Waals surface area contributed by atoms with Crippen LogP contribution in [0.1, 0.15) is 10.4 Å². The lowest BCUT2D eigenvalue weighted by atomic mass is 9.97. The van der Waals surface area contributed by atoms with Crippen LogP contribution in [0.5, 0.6) is 0 Å². The van der Waals surface area contributed by atoms with Gasteiger partial charge in [-0.2, -0.15) is 0 Å². The zero-order chi connectivity index (χ0) is 17.9. The van der Waals surface area contributed by atoms with Crippen molar-refractivity contribution in [3.8, 4) is 11.1 Å². The molecule has 0 fully saturated rings. The van der Waals surface area contributed by atoms with E-state index >= 15 is 0 Å². The summed E-state index contributed by atoms with van der Waals surface area (Å²) in [5.74, 6) is 0.710. The van der Waals surface area contributed by atoms with Gasteiger partial charge in [-0.05, 0) is 53.1 Å². The van der Waals surface area contributed by atoms with Crippen molar-refractivity contribution in [2.45, 2.75) is 0 Å². The zero-order valence-corrected chi connectivity index (χ0v) is 14.6. The van der Waals surface area contributed by atoms with E-state index in [0.29, 0.717) is 11.4 Å².